The van der Waals surface area contributed by atoms with Crippen LogP contribution in [0.2, 0.25) is 0 Å². The lowest BCUT2D eigenvalue weighted by atomic mass is 9.83. The third kappa shape index (κ3) is 2.65. The quantitative estimate of drug-likeness (QED) is 0.798. The number of benzene rings is 1. The first-order chi connectivity index (χ1) is 7.57. The van der Waals surface area contributed by atoms with E-state index in [1.165, 1.54) is 43.2 Å². The minimum absolute atomic E-state index is 0.217. The first kappa shape index (κ1) is 11.7. The van der Waals surface area contributed by atoms with Gasteiger partial charge < -0.3 is 5.73 Å². The average Bonchev–Trinajstić information content (AvgIpc) is 2.29. The Morgan fingerprint density at radius 1 is 1.00 bits per heavy atom. The van der Waals surface area contributed by atoms with Gasteiger partial charge in [0.15, 0.2) is 0 Å². The van der Waals surface area contributed by atoms with Crippen LogP contribution in [0.1, 0.15) is 63.0 Å². The molecular formula is C15H23N. The van der Waals surface area contributed by atoms with Crippen LogP contribution in [0.25, 0.3) is 0 Å². The summed E-state index contributed by atoms with van der Waals surface area (Å²) in [6.45, 7) is 4.12. The molecule has 1 saturated carbocycles. The first-order valence-electron chi connectivity index (χ1n) is 6.47. The van der Waals surface area contributed by atoms with Crippen LogP contribution in [0.15, 0.2) is 24.3 Å². The van der Waals surface area contributed by atoms with Crippen LogP contribution in [0.5, 0.6) is 0 Å². The predicted octanol–water partition coefficient (Wildman–Crippen LogP) is 3.93. The molecule has 0 aliphatic heterocycles. The topological polar surface area (TPSA) is 26.0 Å². The fourth-order valence-corrected chi connectivity index (χ4v) is 2.62. The normalized spacial score (nSPS) is 18.7. The van der Waals surface area contributed by atoms with Gasteiger partial charge >= 0.3 is 0 Å². The highest BCUT2D eigenvalue weighted by molar-refractivity contribution is 5.29. The molecule has 16 heavy (non-hydrogen) atoms. The van der Waals surface area contributed by atoms with E-state index in [1.807, 2.05) is 0 Å². The van der Waals surface area contributed by atoms with E-state index in [4.69, 9.17) is 5.73 Å². The second kappa shape index (κ2) is 4.58. The molecule has 0 bridgehead atoms. The van der Waals surface area contributed by atoms with Crippen molar-refractivity contribution in [2.24, 2.45) is 5.73 Å². The van der Waals surface area contributed by atoms with Crippen LogP contribution in [0, 0.1) is 0 Å². The van der Waals surface area contributed by atoms with Gasteiger partial charge in [0.1, 0.15) is 0 Å². The molecule has 1 aliphatic rings. The Morgan fingerprint density at radius 2 is 1.56 bits per heavy atom. The van der Waals surface area contributed by atoms with Crippen LogP contribution in [0.4, 0.5) is 0 Å². The van der Waals surface area contributed by atoms with Crippen LogP contribution in [-0.2, 0) is 5.54 Å². The van der Waals surface area contributed by atoms with E-state index < -0.39 is 0 Å². The van der Waals surface area contributed by atoms with Gasteiger partial charge in [-0.1, -0.05) is 43.5 Å². The van der Waals surface area contributed by atoms with Gasteiger partial charge in [0.05, 0.1) is 0 Å². The minimum Gasteiger partial charge on any atom is -0.322 e. The predicted molar refractivity (Wildman–Crippen MR) is 69.5 cm³/mol. The van der Waals surface area contributed by atoms with Crippen molar-refractivity contribution in [3.8, 4) is 0 Å². The molecule has 88 valence electrons. The van der Waals surface area contributed by atoms with E-state index in [-0.39, 0.29) is 5.54 Å². The maximum atomic E-state index is 6.09. The smallest absolute Gasteiger partial charge is 0.0352 e. The van der Waals surface area contributed by atoms with Gasteiger partial charge in [-0.05, 0) is 43.7 Å². The summed E-state index contributed by atoms with van der Waals surface area (Å²) < 4.78 is 0. The molecule has 0 unspecified atom stereocenters. The summed E-state index contributed by atoms with van der Waals surface area (Å²) >= 11 is 0. The van der Waals surface area contributed by atoms with E-state index in [2.05, 4.69) is 38.1 Å². The van der Waals surface area contributed by atoms with Gasteiger partial charge in [-0.25, -0.2) is 0 Å². The summed E-state index contributed by atoms with van der Waals surface area (Å²) in [4.78, 5) is 0. The molecule has 1 aliphatic carbocycles. The third-order valence-electron chi connectivity index (χ3n) is 3.73. The maximum absolute atomic E-state index is 6.09. The number of nitrogens with two attached hydrogens (primary N) is 1. The molecule has 1 heteroatoms. The summed E-state index contributed by atoms with van der Waals surface area (Å²) in [6, 6.07) is 8.95. The van der Waals surface area contributed by atoms with Crippen molar-refractivity contribution in [1.82, 2.24) is 0 Å². The van der Waals surface area contributed by atoms with Crippen molar-refractivity contribution in [1.29, 1.82) is 0 Å². The Bertz CT molecular complexity index is 325. The van der Waals surface area contributed by atoms with Crippen molar-refractivity contribution in [2.45, 2.75) is 57.4 Å². The van der Waals surface area contributed by atoms with Gasteiger partial charge in [-0.3, -0.25) is 0 Å². The average molecular weight is 217 g/mol. The summed E-state index contributed by atoms with van der Waals surface area (Å²) in [5.41, 5.74) is 8.60. The molecule has 0 radical (unpaired) electrons. The Morgan fingerprint density at radius 3 is 2.06 bits per heavy atom. The lowest BCUT2D eigenvalue weighted by Crippen LogP contribution is -2.28. The van der Waals surface area contributed by atoms with E-state index in [0.29, 0.717) is 0 Å². The monoisotopic (exact) mass is 217 g/mol. The van der Waals surface area contributed by atoms with Crippen molar-refractivity contribution in [2.75, 3.05) is 0 Å². The van der Waals surface area contributed by atoms with E-state index in [9.17, 15) is 0 Å². The fourth-order valence-electron chi connectivity index (χ4n) is 2.62. The van der Waals surface area contributed by atoms with E-state index >= 15 is 0 Å². The second-order valence-electron chi connectivity index (χ2n) is 5.68. The van der Waals surface area contributed by atoms with Gasteiger partial charge in [0.2, 0.25) is 0 Å². The highest BCUT2D eigenvalue weighted by Crippen LogP contribution is 2.33. The molecule has 0 saturated heterocycles. The number of hydrogen-bond acceptors (Lipinski definition) is 1. The molecule has 0 aromatic heterocycles. The number of rotatable bonds is 2. The van der Waals surface area contributed by atoms with Gasteiger partial charge in [0.25, 0.3) is 0 Å². The van der Waals surface area contributed by atoms with Crippen LogP contribution in [-0.4, -0.2) is 0 Å². The molecule has 0 spiro atoms. The molecule has 0 amide bonds. The van der Waals surface area contributed by atoms with E-state index in [1.54, 1.807) is 0 Å². The van der Waals surface area contributed by atoms with Crippen LogP contribution < -0.4 is 5.73 Å². The van der Waals surface area contributed by atoms with Crippen molar-refractivity contribution >= 4 is 0 Å². The molecule has 1 aromatic carbocycles. The Balaban J connectivity index is 2.12. The summed E-state index contributed by atoms with van der Waals surface area (Å²) in [5, 5.41) is 0. The van der Waals surface area contributed by atoms with Crippen LogP contribution in [0.3, 0.4) is 0 Å². The standard InChI is InChI=1S/C15H23N/c1-15(2,16)14-10-8-13(9-11-14)12-6-4-3-5-7-12/h8-12H,3-7,16H2,1-2H3. The van der Waals surface area contributed by atoms with Gasteiger partial charge in [-0.15, -0.1) is 0 Å². The summed E-state index contributed by atoms with van der Waals surface area (Å²) in [7, 11) is 0. The number of hydrogen-bond donors (Lipinski definition) is 1. The minimum atomic E-state index is -0.217. The lowest BCUT2D eigenvalue weighted by molar-refractivity contribution is 0.443. The second-order valence-corrected chi connectivity index (χ2v) is 5.68. The third-order valence-corrected chi connectivity index (χ3v) is 3.73. The van der Waals surface area contributed by atoms with E-state index in [0.717, 1.165) is 5.92 Å². The molecule has 1 nitrogen and oxygen atoms in total. The highest BCUT2D eigenvalue weighted by Gasteiger charge is 2.17. The summed E-state index contributed by atoms with van der Waals surface area (Å²) in [6.07, 6.45) is 6.95. The zero-order valence-electron chi connectivity index (χ0n) is 10.5. The Hall–Kier alpha value is -0.820. The fraction of sp³-hybridized carbons (Fsp3) is 0.600. The van der Waals surface area contributed by atoms with Crippen LogP contribution >= 0.6 is 0 Å². The van der Waals surface area contributed by atoms with Gasteiger partial charge in [0, 0.05) is 5.54 Å². The maximum Gasteiger partial charge on any atom is 0.0352 e. The largest absolute Gasteiger partial charge is 0.322 e. The Kier molecular flexibility index (Phi) is 3.34. The zero-order chi connectivity index (χ0) is 11.6. The SMILES string of the molecule is CC(C)(N)c1ccc(C2CCCCC2)cc1. The molecule has 2 rings (SSSR count). The lowest BCUT2D eigenvalue weighted by Gasteiger charge is -2.24. The molecule has 0 heterocycles. The van der Waals surface area contributed by atoms with Crippen molar-refractivity contribution in [3.05, 3.63) is 35.4 Å². The summed E-state index contributed by atoms with van der Waals surface area (Å²) in [5.74, 6) is 0.795. The first-order valence-corrected chi connectivity index (χ1v) is 6.47. The zero-order valence-corrected chi connectivity index (χ0v) is 10.5. The molecular weight excluding hydrogens is 194 g/mol. The molecule has 1 aromatic rings. The van der Waals surface area contributed by atoms with Gasteiger partial charge in [-0.2, -0.15) is 0 Å². The molecule has 2 N–H and O–H groups in total. The van der Waals surface area contributed by atoms with Crippen molar-refractivity contribution in [3.63, 3.8) is 0 Å². The molecule has 1 fully saturated rings. The molecule has 0 atom stereocenters. The Labute approximate surface area is 99.0 Å². The van der Waals surface area contributed by atoms with Crippen molar-refractivity contribution < 1.29 is 0 Å². The highest BCUT2D eigenvalue weighted by atomic mass is 14.7.